The van der Waals surface area contributed by atoms with Crippen LogP contribution in [0, 0.1) is 16.7 Å². The molecule has 1 aliphatic carbocycles. The second kappa shape index (κ2) is 5.26. The molecule has 5 heteroatoms. The SMILES string of the molecule is COCCOC(=O)[C@H]1CC[C@@](C)(C(=O)O)C1(C)C. The van der Waals surface area contributed by atoms with Gasteiger partial charge in [0.25, 0.3) is 0 Å². The van der Waals surface area contributed by atoms with Crippen molar-refractivity contribution < 1.29 is 24.2 Å². The highest BCUT2D eigenvalue weighted by atomic mass is 16.6. The Kier molecular flexibility index (Phi) is 4.37. The molecule has 0 saturated heterocycles. The van der Waals surface area contributed by atoms with Crippen molar-refractivity contribution in [2.75, 3.05) is 20.3 Å². The Morgan fingerprint density at radius 3 is 2.33 bits per heavy atom. The summed E-state index contributed by atoms with van der Waals surface area (Å²) in [4.78, 5) is 23.4. The fourth-order valence-corrected chi connectivity index (χ4v) is 2.62. The number of carbonyl (C=O) groups is 2. The first-order valence-corrected chi connectivity index (χ1v) is 6.16. The molecule has 0 unspecified atom stereocenters. The van der Waals surface area contributed by atoms with Crippen molar-refractivity contribution in [1.82, 2.24) is 0 Å². The maximum atomic E-state index is 12.0. The van der Waals surface area contributed by atoms with Gasteiger partial charge in [-0.3, -0.25) is 9.59 Å². The maximum absolute atomic E-state index is 12.0. The van der Waals surface area contributed by atoms with Crippen LogP contribution < -0.4 is 0 Å². The van der Waals surface area contributed by atoms with Gasteiger partial charge in [0.15, 0.2) is 0 Å². The zero-order valence-electron chi connectivity index (χ0n) is 11.5. The van der Waals surface area contributed by atoms with Gasteiger partial charge in [-0.15, -0.1) is 0 Å². The van der Waals surface area contributed by atoms with Crippen molar-refractivity contribution in [3.05, 3.63) is 0 Å². The third-order valence-corrected chi connectivity index (χ3v) is 4.51. The normalized spacial score (nSPS) is 30.1. The highest BCUT2D eigenvalue weighted by Gasteiger charge is 2.58. The Morgan fingerprint density at radius 1 is 1.28 bits per heavy atom. The van der Waals surface area contributed by atoms with E-state index in [1.165, 1.54) is 7.11 Å². The van der Waals surface area contributed by atoms with Crippen molar-refractivity contribution in [3.8, 4) is 0 Å². The number of aliphatic carboxylic acids is 1. The fraction of sp³-hybridized carbons (Fsp3) is 0.846. The van der Waals surface area contributed by atoms with Crippen molar-refractivity contribution in [3.63, 3.8) is 0 Å². The molecular weight excluding hydrogens is 236 g/mol. The lowest BCUT2D eigenvalue weighted by molar-refractivity contribution is -0.160. The number of carboxylic acids is 1. The molecule has 1 N–H and O–H groups in total. The molecule has 0 aromatic rings. The van der Waals surface area contributed by atoms with Crippen LogP contribution in [0.25, 0.3) is 0 Å². The number of hydrogen-bond donors (Lipinski definition) is 1. The number of rotatable bonds is 5. The van der Waals surface area contributed by atoms with Crippen molar-refractivity contribution >= 4 is 11.9 Å². The highest BCUT2D eigenvalue weighted by Crippen LogP contribution is 2.56. The van der Waals surface area contributed by atoms with Crippen LogP contribution in [0.4, 0.5) is 0 Å². The quantitative estimate of drug-likeness (QED) is 0.600. The molecule has 2 atom stereocenters. The summed E-state index contributed by atoms with van der Waals surface area (Å²) < 4.78 is 9.93. The van der Waals surface area contributed by atoms with Gasteiger partial charge >= 0.3 is 11.9 Å². The minimum Gasteiger partial charge on any atom is -0.481 e. The van der Waals surface area contributed by atoms with E-state index in [4.69, 9.17) is 9.47 Å². The number of carbonyl (C=O) groups excluding carboxylic acids is 1. The van der Waals surface area contributed by atoms with E-state index in [9.17, 15) is 14.7 Å². The van der Waals surface area contributed by atoms with Gasteiger partial charge in [0, 0.05) is 7.11 Å². The van der Waals surface area contributed by atoms with Crippen LogP contribution in [0.15, 0.2) is 0 Å². The Balaban J connectivity index is 2.75. The largest absolute Gasteiger partial charge is 0.481 e. The lowest BCUT2D eigenvalue weighted by atomic mass is 9.66. The minimum absolute atomic E-state index is 0.214. The predicted molar refractivity (Wildman–Crippen MR) is 65.1 cm³/mol. The number of methoxy groups -OCH3 is 1. The van der Waals surface area contributed by atoms with Gasteiger partial charge in [-0.2, -0.15) is 0 Å². The molecule has 0 spiro atoms. The lowest BCUT2D eigenvalue weighted by Gasteiger charge is -2.37. The molecule has 0 aromatic carbocycles. The molecule has 104 valence electrons. The Hall–Kier alpha value is -1.10. The first-order chi connectivity index (χ1) is 8.27. The van der Waals surface area contributed by atoms with Crippen LogP contribution in [0.5, 0.6) is 0 Å². The molecule has 0 aliphatic heterocycles. The van der Waals surface area contributed by atoms with Gasteiger partial charge in [0.1, 0.15) is 6.61 Å². The van der Waals surface area contributed by atoms with Crippen LogP contribution in [0.1, 0.15) is 33.6 Å². The summed E-state index contributed by atoms with van der Waals surface area (Å²) in [6.07, 6.45) is 1.06. The van der Waals surface area contributed by atoms with Gasteiger partial charge in [-0.1, -0.05) is 13.8 Å². The summed E-state index contributed by atoms with van der Waals surface area (Å²) in [5.41, 5.74) is -1.49. The fourth-order valence-electron chi connectivity index (χ4n) is 2.62. The molecule has 1 saturated carbocycles. The third kappa shape index (κ3) is 2.36. The van der Waals surface area contributed by atoms with Crippen molar-refractivity contribution in [2.24, 2.45) is 16.7 Å². The van der Waals surface area contributed by atoms with Gasteiger partial charge in [0.05, 0.1) is 17.9 Å². The smallest absolute Gasteiger partial charge is 0.309 e. The molecule has 0 radical (unpaired) electrons. The Morgan fingerprint density at radius 2 is 1.89 bits per heavy atom. The average Bonchev–Trinajstić information content (AvgIpc) is 2.52. The number of carboxylic acid groups (broad SMARTS) is 1. The summed E-state index contributed by atoms with van der Waals surface area (Å²) in [5.74, 6) is -1.53. The second-order valence-corrected chi connectivity index (χ2v) is 5.61. The van der Waals surface area contributed by atoms with Gasteiger partial charge in [-0.05, 0) is 25.2 Å². The summed E-state index contributed by atoms with van der Waals surface area (Å²) in [7, 11) is 1.54. The van der Waals surface area contributed by atoms with E-state index in [0.717, 1.165) is 0 Å². The molecule has 18 heavy (non-hydrogen) atoms. The van der Waals surface area contributed by atoms with Crippen LogP contribution in [-0.2, 0) is 19.1 Å². The number of ether oxygens (including phenoxy) is 2. The molecular formula is C13H22O5. The Labute approximate surface area is 107 Å². The average molecular weight is 258 g/mol. The maximum Gasteiger partial charge on any atom is 0.309 e. The van der Waals surface area contributed by atoms with E-state index < -0.39 is 16.8 Å². The van der Waals surface area contributed by atoms with Crippen LogP contribution >= 0.6 is 0 Å². The Bertz CT molecular complexity index is 336. The topological polar surface area (TPSA) is 72.8 Å². The highest BCUT2D eigenvalue weighted by molar-refractivity contribution is 5.80. The third-order valence-electron chi connectivity index (χ3n) is 4.51. The zero-order valence-corrected chi connectivity index (χ0v) is 11.5. The molecule has 0 heterocycles. The van der Waals surface area contributed by atoms with Gasteiger partial charge < -0.3 is 14.6 Å². The second-order valence-electron chi connectivity index (χ2n) is 5.61. The van der Waals surface area contributed by atoms with Crippen LogP contribution in [-0.4, -0.2) is 37.4 Å². The first-order valence-electron chi connectivity index (χ1n) is 6.16. The summed E-state index contributed by atoms with van der Waals surface area (Å²) in [6, 6.07) is 0. The molecule has 1 rings (SSSR count). The number of esters is 1. The summed E-state index contributed by atoms with van der Waals surface area (Å²) in [5, 5.41) is 9.35. The monoisotopic (exact) mass is 258 g/mol. The zero-order chi connectivity index (χ0) is 14.0. The molecule has 0 amide bonds. The molecule has 0 aromatic heterocycles. The molecule has 1 aliphatic rings. The standard InChI is InChI=1S/C13H22O5/c1-12(2)9(10(14)18-8-7-17-4)5-6-13(12,3)11(15)16/h9H,5-8H2,1-4H3,(H,15,16)/t9-,13+/m1/s1. The van der Waals surface area contributed by atoms with E-state index in [2.05, 4.69) is 0 Å². The predicted octanol–water partition coefficient (Wildman–Crippen LogP) is 1.70. The molecule has 1 fully saturated rings. The minimum atomic E-state index is -0.877. The molecule has 5 nitrogen and oxygen atoms in total. The molecule has 0 bridgehead atoms. The number of hydrogen-bond acceptors (Lipinski definition) is 4. The van der Waals surface area contributed by atoms with E-state index in [1.807, 2.05) is 13.8 Å². The summed E-state index contributed by atoms with van der Waals surface area (Å²) >= 11 is 0. The van der Waals surface area contributed by atoms with E-state index in [1.54, 1.807) is 6.92 Å². The van der Waals surface area contributed by atoms with Crippen molar-refractivity contribution in [2.45, 2.75) is 33.6 Å². The van der Waals surface area contributed by atoms with Crippen molar-refractivity contribution in [1.29, 1.82) is 0 Å². The first kappa shape index (κ1) is 15.0. The van der Waals surface area contributed by atoms with Gasteiger partial charge in [-0.25, -0.2) is 0 Å². The lowest BCUT2D eigenvalue weighted by Crippen LogP contribution is -2.43. The van der Waals surface area contributed by atoms with Crippen LogP contribution in [0.3, 0.4) is 0 Å². The summed E-state index contributed by atoms with van der Waals surface area (Å²) in [6.45, 7) is 5.94. The van der Waals surface area contributed by atoms with Gasteiger partial charge in [0.2, 0.25) is 0 Å². The van der Waals surface area contributed by atoms with E-state index in [-0.39, 0.29) is 18.5 Å². The van der Waals surface area contributed by atoms with Crippen LogP contribution in [0.2, 0.25) is 0 Å². The van der Waals surface area contributed by atoms with E-state index in [0.29, 0.717) is 19.4 Å². The van der Waals surface area contributed by atoms with E-state index >= 15 is 0 Å².